The molecule has 1 N–H and O–H groups in total. The Morgan fingerprint density at radius 2 is 2.21 bits per heavy atom. The van der Waals surface area contributed by atoms with Gasteiger partial charge in [-0.15, -0.1) is 11.8 Å². The first-order valence-electron chi connectivity index (χ1n) is 4.61. The van der Waals surface area contributed by atoms with Crippen LogP contribution < -0.4 is 0 Å². The summed E-state index contributed by atoms with van der Waals surface area (Å²) in [4.78, 5) is 0. The van der Waals surface area contributed by atoms with Crippen LogP contribution in [0.3, 0.4) is 0 Å². The number of rotatable bonds is 0. The lowest BCUT2D eigenvalue weighted by atomic mass is 9.94. The zero-order valence-electron chi connectivity index (χ0n) is 8.25. The van der Waals surface area contributed by atoms with Gasteiger partial charge in [0.25, 0.3) is 0 Å². The number of fused-ring (bicyclic) bond motifs is 1. The molecule has 2 rings (SSSR count). The van der Waals surface area contributed by atoms with Crippen LogP contribution in [0, 0.1) is 0 Å². The molecule has 0 saturated carbocycles. The van der Waals surface area contributed by atoms with Crippen molar-refractivity contribution in [3.05, 3.63) is 33.8 Å². The van der Waals surface area contributed by atoms with E-state index in [9.17, 15) is 5.11 Å². The summed E-state index contributed by atoms with van der Waals surface area (Å²) in [7, 11) is 0. The summed E-state index contributed by atoms with van der Waals surface area (Å²) in [6.45, 7) is 4.18. The molecule has 0 aliphatic carbocycles. The van der Waals surface area contributed by atoms with Crippen LogP contribution in [0.15, 0.2) is 22.7 Å². The second-order valence-corrected chi connectivity index (χ2v) is 6.59. The van der Waals surface area contributed by atoms with E-state index in [4.69, 9.17) is 0 Å². The van der Waals surface area contributed by atoms with Gasteiger partial charge in [-0.3, -0.25) is 0 Å². The first-order valence-corrected chi connectivity index (χ1v) is 6.39. The highest BCUT2D eigenvalue weighted by molar-refractivity contribution is 9.10. The Kier molecular flexibility index (Phi) is 2.66. The van der Waals surface area contributed by atoms with Gasteiger partial charge in [-0.1, -0.05) is 28.1 Å². The number of hydrogen-bond donors (Lipinski definition) is 1. The van der Waals surface area contributed by atoms with Gasteiger partial charge in [-0.25, -0.2) is 0 Å². The van der Waals surface area contributed by atoms with Gasteiger partial charge >= 0.3 is 0 Å². The number of aliphatic hydroxyl groups excluding tert-OH is 1. The van der Waals surface area contributed by atoms with Crippen LogP contribution in [0.25, 0.3) is 0 Å². The number of halogens is 1. The van der Waals surface area contributed by atoms with Gasteiger partial charge < -0.3 is 5.11 Å². The summed E-state index contributed by atoms with van der Waals surface area (Å²) in [6.07, 6.45) is -0.367. The molecular formula is C11H13BrOS. The van der Waals surface area contributed by atoms with Crippen molar-refractivity contribution in [2.75, 3.05) is 0 Å². The highest BCUT2D eigenvalue weighted by Gasteiger charge is 2.35. The Balaban J connectivity index is 2.51. The van der Waals surface area contributed by atoms with Crippen LogP contribution in [-0.2, 0) is 5.75 Å². The van der Waals surface area contributed by atoms with E-state index in [-0.39, 0.29) is 10.9 Å². The Hall–Kier alpha value is 0.01000. The third kappa shape index (κ3) is 1.62. The summed E-state index contributed by atoms with van der Waals surface area (Å²) in [5.74, 6) is 0.973. The Morgan fingerprint density at radius 1 is 1.50 bits per heavy atom. The van der Waals surface area contributed by atoms with Crippen LogP contribution in [0.5, 0.6) is 0 Å². The van der Waals surface area contributed by atoms with Crippen molar-refractivity contribution in [2.24, 2.45) is 0 Å². The fourth-order valence-corrected chi connectivity index (χ4v) is 3.53. The second-order valence-electron chi connectivity index (χ2n) is 4.10. The van der Waals surface area contributed by atoms with Gasteiger partial charge in [0.1, 0.15) is 0 Å². The molecule has 1 heterocycles. The summed E-state index contributed by atoms with van der Waals surface area (Å²) in [5.41, 5.74) is 2.31. The zero-order chi connectivity index (χ0) is 10.3. The number of hydrogen-bond acceptors (Lipinski definition) is 2. The molecule has 1 unspecified atom stereocenters. The third-order valence-corrected chi connectivity index (χ3v) is 4.84. The highest BCUT2D eigenvalue weighted by Crippen LogP contribution is 2.47. The maximum Gasteiger partial charge on any atom is 0.0934 e. The van der Waals surface area contributed by atoms with Crippen molar-refractivity contribution in [1.29, 1.82) is 0 Å². The lowest BCUT2D eigenvalue weighted by molar-refractivity contribution is 0.141. The molecule has 0 radical (unpaired) electrons. The summed E-state index contributed by atoms with van der Waals surface area (Å²) in [6, 6.07) is 6.04. The Morgan fingerprint density at radius 3 is 2.93 bits per heavy atom. The van der Waals surface area contributed by atoms with Crippen LogP contribution in [0.4, 0.5) is 0 Å². The smallest absolute Gasteiger partial charge is 0.0934 e. The maximum absolute atomic E-state index is 10.2. The van der Waals surface area contributed by atoms with Crippen molar-refractivity contribution >= 4 is 27.7 Å². The lowest BCUT2D eigenvalue weighted by Crippen LogP contribution is -2.30. The average Bonchev–Trinajstić information content (AvgIpc) is 2.13. The van der Waals surface area contributed by atoms with Crippen molar-refractivity contribution < 1.29 is 5.11 Å². The molecule has 0 bridgehead atoms. The molecule has 76 valence electrons. The fraction of sp³-hybridized carbons (Fsp3) is 0.455. The molecular weight excluding hydrogens is 260 g/mol. The van der Waals surface area contributed by atoms with E-state index in [0.29, 0.717) is 0 Å². The molecule has 0 saturated heterocycles. The van der Waals surface area contributed by atoms with E-state index in [0.717, 1.165) is 15.8 Å². The SMILES string of the molecule is CC1(C)SCc2c(Br)cccc2C1O. The minimum absolute atomic E-state index is 0.0756. The minimum atomic E-state index is -0.367. The highest BCUT2D eigenvalue weighted by atomic mass is 79.9. The molecule has 14 heavy (non-hydrogen) atoms. The summed E-state index contributed by atoms with van der Waals surface area (Å²) in [5, 5.41) is 10.2. The van der Waals surface area contributed by atoms with Crippen molar-refractivity contribution in [3.8, 4) is 0 Å². The molecule has 1 aromatic rings. The lowest BCUT2D eigenvalue weighted by Gasteiger charge is -2.36. The van der Waals surface area contributed by atoms with Gasteiger partial charge in [0.2, 0.25) is 0 Å². The molecule has 0 fully saturated rings. The number of thioether (sulfide) groups is 1. The van der Waals surface area contributed by atoms with Gasteiger partial charge in [-0.05, 0) is 31.0 Å². The monoisotopic (exact) mass is 272 g/mol. The molecule has 3 heteroatoms. The first kappa shape index (κ1) is 10.5. The summed E-state index contributed by atoms with van der Waals surface area (Å²) >= 11 is 5.33. The Bertz CT molecular complexity index is 362. The maximum atomic E-state index is 10.2. The number of aliphatic hydroxyl groups is 1. The molecule has 1 aliphatic rings. The fourth-order valence-electron chi connectivity index (χ4n) is 1.70. The topological polar surface area (TPSA) is 20.2 Å². The molecule has 1 aliphatic heterocycles. The zero-order valence-corrected chi connectivity index (χ0v) is 10.7. The Labute approximate surface area is 97.0 Å². The van der Waals surface area contributed by atoms with Crippen LogP contribution in [0.1, 0.15) is 31.1 Å². The predicted molar refractivity (Wildman–Crippen MR) is 64.5 cm³/mol. The van der Waals surface area contributed by atoms with Gasteiger partial charge in [0.05, 0.1) is 6.10 Å². The molecule has 0 aromatic heterocycles. The first-order chi connectivity index (χ1) is 6.52. The van der Waals surface area contributed by atoms with E-state index in [1.807, 2.05) is 18.2 Å². The van der Waals surface area contributed by atoms with E-state index >= 15 is 0 Å². The normalized spacial score (nSPS) is 24.4. The van der Waals surface area contributed by atoms with Crippen molar-refractivity contribution in [1.82, 2.24) is 0 Å². The third-order valence-electron chi connectivity index (χ3n) is 2.70. The molecule has 0 amide bonds. The largest absolute Gasteiger partial charge is 0.387 e. The number of benzene rings is 1. The average molecular weight is 273 g/mol. The van der Waals surface area contributed by atoms with E-state index < -0.39 is 0 Å². The quantitative estimate of drug-likeness (QED) is 0.780. The molecule has 1 nitrogen and oxygen atoms in total. The van der Waals surface area contributed by atoms with Crippen LogP contribution in [-0.4, -0.2) is 9.85 Å². The van der Waals surface area contributed by atoms with E-state index in [2.05, 4.69) is 29.8 Å². The molecule has 1 atom stereocenters. The molecule has 0 spiro atoms. The van der Waals surface area contributed by atoms with Crippen LogP contribution >= 0.6 is 27.7 Å². The van der Waals surface area contributed by atoms with E-state index in [1.54, 1.807) is 11.8 Å². The van der Waals surface area contributed by atoms with Gasteiger partial charge in [-0.2, -0.15) is 0 Å². The van der Waals surface area contributed by atoms with Gasteiger partial charge in [0, 0.05) is 15.0 Å². The summed E-state index contributed by atoms with van der Waals surface area (Å²) < 4.78 is 1.03. The molecule has 1 aromatic carbocycles. The standard InChI is InChI=1S/C11H13BrOS/c1-11(2)10(13)7-4-3-5-9(12)8(7)6-14-11/h3-5,10,13H,6H2,1-2H3. The minimum Gasteiger partial charge on any atom is -0.387 e. The predicted octanol–water partition coefficient (Wildman–Crippen LogP) is 3.51. The van der Waals surface area contributed by atoms with Crippen molar-refractivity contribution in [3.63, 3.8) is 0 Å². The second kappa shape index (κ2) is 3.54. The van der Waals surface area contributed by atoms with Gasteiger partial charge in [0.15, 0.2) is 0 Å². The van der Waals surface area contributed by atoms with E-state index in [1.165, 1.54) is 5.56 Å². The van der Waals surface area contributed by atoms with Crippen LogP contribution in [0.2, 0.25) is 0 Å². The van der Waals surface area contributed by atoms with Crippen molar-refractivity contribution in [2.45, 2.75) is 30.5 Å².